The fourth-order valence-electron chi connectivity index (χ4n) is 2.34. The van der Waals surface area contributed by atoms with Crippen molar-refractivity contribution in [2.75, 3.05) is 0 Å². The van der Waals surface area contributed by atoms with Gasteiger partial charge in [0.25, 0.3) is 0 Å². The average Bonchev–Trinajstić information content (AvgIpc) is 3.05. The molecule has 0 saturated heterocycles. The SMILES string of the molecule is c1ccc(-c2cnn(-c3ccc4ncccc4c3)c2)nc1. The van der Waals surface area contributed by atoms with Crippen LogP contribution >= 0.6 is 0 Å². The molecular weight excluding hydrogens is 260 g/mol. The Morgan fingerprint density at radius 1 is 0.857 bits per heavy atom. The summed E-state index contributed by atoms with van der Waals surface area (Å²) in [5, 5.41) is 5.53. The van der Waals surface area contributed by atoms with Crippen LogP contribution in [-0.2, 0) is 0 Å². The van der Waals surface area contributed by atoms with Crippen LogP contribution in [0.5, 0.6) is 0 Å². The van der Waals surface area contributed by atoms with Gasteiger partial charge in [0.1, 0.15) is 0 Å². The maximum Gasteiger partial charge on any atom is 0.0733 e. The highest BCUT2D eigenvalue weighted by Crippen LogP contribution is 2.20. The summed E-state index contributed by atoms with van der Waals surface area (Å²) in [6.07, 6.45) is 7.40. The van der Waals surface area contributed by atoms with Crippen molar-refractivity contribution in [2.45, 2.75) is 0 Å². The minimum atomic E-state index is 0.922. The molecular formula is C17H12N4. The molecule has 0 fully saturated rings. The van der Waals surface area contributed by atoms with Gasteiger partial charge in [0.2, 0.25) is 0 Å². The number of pyridine rings is 2. The zero-order chi connectivity index (χ0) is 14.1. The minimum Gasteiger partial charge on any atom is -0.256 e. The third-order valence-electron chi connectivity index (χ3n) is 3.39. The summed E-state index contributed by atoms with van der Waals surface area (Å²) >= 11 is 0. The van der Waals surface area contributed by atoms with Gasteiger partial charge in [-0.1, -0.05) is 12.1 Å². The van der Waals surface area contributed by atoms with Gasteiger partial charge in [0, 0.05) is 29.5 Å². The van der Waals surface area contributed by atoms with E-state index in [1.165, 1.54) is 0 Å². The molecule has 0 N–H and O–H groups in total. The Labute approximate surface area is 121 Å². The molecule has 3 aromatic heterocycles. The number of nitrogens with zero attached hydrogens (tertiary/aromatic N) is 4. The molecule has 3 heterocycles. The molecule has 0 aliphatic carbocycles. The summed E-state index contributed by atoms with van der Waals surface area (Å²) in [6, 6.07) is 16.0. The van der Waals surface area contributed by atoms with Crippen LogP contribution in [0.1, 0.15) is 0 Å². The molecule has 0 spiro atoms. The second kappa shape index (κ2) is 4.83. The molecule has 4 rings (SSSR count). The maximum absolute atomic E-state index is 4.43. The van der Waals surface area contributed by atoms with Crippen LogP contribution in [0.4, 0.5) is 0 Å². The lowest BCUT2D eigenvalue weighted by atomic mass is 10.2. The van der Waals surface area contributed by atoms with E-state index >= 15 is 0 Å². The number of hydrogen-bond donors (Lipinski definition) is 0. The van der Waals surface area contributed by atoms with E-state index in [0.717, 1.165) is 27.8 Å². The smallest absolute Gasteiger partial charge is 0.0733 e. The third kappa shape index (κ3) is 2.17. The first-order valence-corrected chi connectivity index (χ1v) is 6.71. The maximum atomic E-state index is 4.43. The van der Waals surface area contributed by atoms with E-state index in [1.807, 2.05) is 53.5 Å². The molecule has 4 nitrogen and oxygen atoms in total. The van der Waals surface area contributed by atoms with Crippen LogP contribution in [-0.4, -0.2) is 19.7 Å². The lowest BCUT2D eigenvalue weighted by Gasteiger charge is -2.03. The zero-order valence-corrected chi connectivity index (χ0v) is 11.2. The third-order valence-corrected chi connectivity index (χ3v) is 3.39. The highest BCUT2D eigenvalue weighted by molar-refractivity contribution is 5.80. The summed E-state index contributed by atoms with van der Waals surface area (Å²) in [5.41, 5.74) is 3.92. The molecule has 0 saturated carbocycles. The molecule has 0 amide bonds. The van der Waals surface area contributed by atoms with Crippen LogP contribution in [0, 0.1) is 0 Å². The standard InChI is InChI=1S/C17H12N4/c1-2-8-18-16(5-1)14-11-20-21(12-14)15-6-7-17-13(10-15)4-3-9-19-17/h1-12H. The predicted octanol–water partition coefficient (Wildman–Crippen LogP) is 3.48. The van der Waals surface area contributed by atoms with Crippen molar-refractivity contribution in [3.8, 4) is 16.9 Å². The Bertz CT molecular complexity index is 897. The number of benzene rings is 1. The molecule has 100 valence electrons. The quantitative estimate of drug-likeness (QED) is 0.561. The molecule has 4 heteroatoms. The van der Waals surface area contributed by atoms with Gasteiger partial charge in [-0.25, -0.2) is 4.68 Å². The van der Waals surface area contributed by atoms with Gasteiger partial charge in [-0.15, -0.1) is 0 Å². The van der Waals surface area contributed by atoms with E-state index in [9.17, 15) is 0 Å². The summed E-state index contributed by atoms with van der Waals surface area (Å²) < 4.78 is 1.86. The minimum absolute atomic E-state index is 0.922. The monoisotopic (exact) mass is 272 g/mol. The van der Waals surface area contributed by atoms with Crippen LogP contribution in [0.15, 0.2) is 73.3 Å². The van der Waals surface area contributed by atoms with Crippen molar-refractivity contribution in [3.63, 3.8) is 0 Å². The highest BCUT2D eigenvalue weighted by atomic mass is 15.3. The lowest BCUT2D eigenvalue weighted by Crippen LogP contribution is -1.94. The zero-order valence-electron chi connectivity index (χ0n) is 11.2. The predicted molar refractivity (Wildman–Crippen MR) is 82.1 cm³/mol. The number of fused-ring (bicyclic) bond motifs is 1. The molecule has 0 radical (unpaired) electrons. The van der Waals surface area contributed by atoms with Gasteiger partial charge in [-0.2, -0.15) is 5.10 Å². The van der Waals surface area contributed by atoms with Crippen molar-refractivity contribution in [2.24, 2.45) is 0 Å². The van der Waals surface area contributed by atoms with Gasteiger partial charge in [0.15, 0.2) is 0 Å². The van der Waals surface area contributed by atoms with Crippen molar-refractivity contribution in [3.05, 3.63) is 73.3 Å². The molecule has 0 aliphatic heterocycles. The van der Waals surface area contributed by atoms with Gasteiger partial charge in [0.05, 0.1) is 23.1 Å². The van der Waals surface area contributed by atoms with Gasteiger partial charge >= 0.3 is 0 Å². The van der Waals surface area contributed by atoms with E-state index in [-0.39, 0.29) is 0 Å². The second-order valence-corrected chi connectivity index (χ2v) is 4.77. The Kier molecular flexibility index (Phi) is 2.71. The molecule has 1 aromatic carbocycles. The van der Waals surface area contributed by atoms with Crippen LogP contribution in [0.25, 0.3) is 27.8 Å². The fraction of sp³-hybridized carbons (Fsp3) is 0. The first-order chi connectivity index (χ1) is 10.4. The Morgan fingerprint density at radius 3 is 2.71 bits per heavy atom. The number of hydrogen-bond acceptors (Lipinski definition) is 3. The van der Waals surface area contributed by atoms with E-state index in [2.05, 4.69) is 27.2 Å². The average molecular weight is 272 g/mol. The van der Waals surface area contributed by atoms with Crippen molar-refractivity contribution in [1.82, 2.24) is 19.7 Å². The Hall–Kier alpha value is -3.01. The second-order valence-electron chi connectivity index (χ2n) is 4.77. The van der Waals surface area contributed by atoms with Crippen molar-refractivity contribution >= 4 is 10.9 Å². The summed E-state index contributed by atoms with van der Waals surface area (Å²) in [7, 11) is 0. The highest BCUT2D eigenvalue weighted by Gasteiger charge is 2.05. The van der Waals surface area contributed by atoms with E-state index < -0.39 is 0 Å². The Balaban J connectivity index is 1.77. The molecule has 0 aliphatic rings. The molecule has 4 aromatic rings. The largest absolute Gasteiger partial charge is 0.256 e. The normalized spacial score (nSPS) is 10.9. The van der Waals surface area contributed by atoms with E-state index in [0.29, 0.717) is 0 Å². The lowest BCUT2D eigenvalue weighted by molar-refractivity contribution is 0.882. The molecule has 0 atom stereocenters. The van der Waals surface area contributed by atoms with Gasteiger partial charge in [-0.3, -0.25) is 9.97 Å². The van der Waals surface area contributed by atoms with E-state index in [1.54, 1.807) is 12.4 Å². The molecule has 0 unspecified atom stereocenters. The van der Waals surface area contributed by atoms with Crippen molar-refractivity contribution in [1.29, 1.82) is 0 Å². The fourth-order valence-corrected chi connectivity index (χ4v) is 2.34. The number of aromatic nitrogens is 4. The molecule has 0 bridgehead atoms. The molecule has 21 heavy (non-hydrogen) atoms. The summed E-state index contributed by atoms with van der Waals surface area (Å²) in [5.74, 6) is 0. The topological polar surface area (TPSA) is 43.6 Å². The van der Waals surface area contributed by atoms with Gasteiger partial charge < -0.3 is 0 Å². The number of rotatable bonds is 2. The van der Waals surface area contributed by atoms with Crippen LogP contribution < -0.4 is 0 Å². The Morgan fingerprint density at radius 2 is 1.81 bits per heavy atom. The van der Waals surface area contributed by atoms with Crippen molar-refractivity contribution < 1.29 is 0 Å². The van der Waals surface area contributed by atoms with Crippen LogP contribution in [0.3, 0.4) is 0 Å². The van der Waals surface area contributed by atoms with Crippen LogP contribution in [0.2, 0.25) is 0 Å². The first-order valence-electron chi connectivity index (χ1n) is 6.71. The van der Waals surface area contributed by atoms with E-state index in [4.69, 9.17) is 0 Å². The summed E-state index contributed by atoms with van der Waals surface area (Å²) in [6.45, 7) is 0. The first kappa shape index (κ1) is 11.8. The summed E-state index contributed by atoms with van der Waals surface area (Å²) in [4.78, 5) is 8.67. The van der Waals surface area contributed by atoms with Gasteiger partial charge in [-0.05, 0) is 36.4 Å².